The summed E-state index contributed by atoms with van der Waals surface area (Å²) in [5.41, 5.74) is 1.47. The first-order chi connectivity index (χ1) is 9.76. The van der Waals surface area contributed by atoms with Gasteiger partial charge in [-0.1, -0.05) is 36.5 Å². The third kappa shape index (κ3) is 2.55. The molecule has 0 atom stereocenters. The van der Waals surface area contributed by atoms with Crippen molar-refractivity contribution in [3.63, 3.8) is 0 Å². The lowest BCUT2D eigenvalue weighted by molar-refractivity contribution is 0.102. The molecule has 2 heterocycles. The Morgan fingerprint density at radius 3 is 3.00 bits per heavy atom. The second-order valence-electron chi connectivity index (χ2n) is 4.48. The average molecular weight is 286 g/mol. The predicted molar refractivity (Wildman–Crippen MR) is 80.2 cm³/mol. The molecule has 2 N–H and O–H groups in total. The summed E-state index contributed by atoms with van der Waals surface area (Å²) in [6.07, 6.45) is 1.91. The van der Waals surface area contributed by atoms with Crippen molar-refractivity contribution in [1.82, 2.24) is 15.2 Å². The summed E-state index contributed by atoms with van der Waals surface area (Å²) in [5.74, 6) is -0.194. The standard InChI is InChI=1S/C14H14N4OS/c1-2-5-12-17-18-14(20-12)16-13(19)11-8-9-6-3-4-7-10(9)15-11/h3-4,6-8,15H,2,5H2,1H3,(H,16,18,19). The molecule has 0 bridgehead atoms. The van der Waals surface area contributed by atoms with Crippen LogP contribution in [-0.4, -0.2) is 21.1 Å². The van der Waals surface area contributed by atoms with E-state index in [1.54, 1.807) is 0 Å². The van der Waals surface area contributed by atoms with Crippen molar-refractivity contribution in [3.05, 3.63) is 41.0 Å². The smallest absolute Gasteiger partial charge is 0.273 e. The number of anilines is 1. The molecule has 6 heteroatoms. The van der Waals surface area contributed by atoms with Crippen molar-refractivity contribution in [2.45, 2.75) is 19.8 Å². The molecule has 0 aliphatic heterocycles. The first kappa shape index (κ1) is 12.8. The minimum absolute atomic E-state index is 0.194. The Hall–Kier alpha value is -2.21. The highest BCUT2D eigenvalue weighted by Gasteiger charge is 2.12. The minimum atomic E-state index is -0.194. The van der Waals surface area contributed by atoms with Gasteiger partial charge < -0.3 is 4.98 Å². The summed E-state index contributed by atoms with van der Waals surface area (Å²) in [6, 6.07) is 9.61. The van der Waals surface area contributed by atoms with Crippen LogP contribution in [0.2, 0.25) is 0 Å². The lowest BCUT2D eigenvalue weighted by Crippen LogP contribution is -2.11. The number of hydrogen-bond acceptors (Lipinski definition) is 4. The van der Waals surface area contributed by atoms with Gasteiger partial charge in [-0.3, -0.25) is 10.1 Å². The number of aromatic amines is 1. The Bertz CT molecular complexity index is 713. The Balaban J connectivity index is 1.77. The van der Waals surface area contributed by atoms with Crippen molar-refractivity contribution < 1.29 is 4.79 Å². The van der Waals surface area contributed by atoms with Gasteiger partial charge in [-0.25, -0.2) is 0 Å². The fourth-order valence-corrected chi connectivity index (χ4v) is 2.82. The summed E-state index contributed by atoms with van der Waals surface area (Å²) < 4.78 is 0. The zero-order chi connectivity index (χ0) is 13.9. The lowest BCUT2D eigenvalue weighted by Gasteiger charge is -1.97. The number of fused-ring (bicyclic) bond motifs is 1. The molecule has 0 fully saturated rings. The van der Waals surface area contributed by atoms with Gasteiger partial charge in [0.1, 0.15) is 10.7 Å². The monoisotopic (exact) mass is 286 g/mol. The maximum Gasteiger partial charge on any atom is 0.273 e. The van der Waals surface area contributed by atoms with Crippen LogP contribution < -0.4 is 5.32 Å². The summed E-state index contributed by atoms with van der Waals surface area (Å²) in [7, 11) is 0. The average Bonchev–Trinajstić information content (AvgIpc) is 3.05. The van der Waals surface area contributed by atoms with Gasteiger partial charge in [-0.15, -0.1) is 10.2 Å². The molecule has 102 valence electrons. The zero-order valence-electron chi connectivity index (χ0n) is 11.0. The van der Waals surface area contributed by atoms with Gasteiger partial charge in [-0.2, -0.15) is 0 Å². The molecule has 0 spiro atoms. The first-order valence-corrected chi connectivity index (χ1v) is 7.29. The number of carbonyl (C=O) groups excluding carboxylic acids is 1. The molecule has 0 radical (unpaired) electrons. The van der Waals surface area contributed by atoms with E-state index in [1.165, 1.54) is 11.3 Å². The molecule has 0 aliphatic carbocycles. The fraction of sp³-hybridized carbons (Fsp3) is 0.214. The van der Waals surface area contributed by atoms with Crippen LogP contribution in [-0.2, 0) is 6.42 Å². The number of nitrogens with zero attached hydrogens (tertiary/aromatic N) is 2. The van der Waals surface area contributed by atoms with Gasteiger partial charge in [-0.05, 0) is 18.6 Å². The van der Waals surface area contributed by atoms with Gasteiger partial charge in [0, 0.05) is 17.3 Å². The van der Waals surface area contributed by atoms with Crippen LogP contribution in [0.1, 0.15) is 28.8 Å². The Kier molecular flexibility index (Phi) is 3.47. The third-order valence-corrected chi connectivity index (χ3v) is 3.82. The van der Waals surface area contributed by atoms with E-state index in [2.05, 4.69) is 27.4 Å². The van der Waals surface area contributed by atoms with Crippen LogP contribution in [0.4, 0.5) is 5.13 Å². The highest BCUT2D eigenvalue weighted by molar-refractivity contribution is 7.15. The second-order valence-corrected chi connectivity index (χ2v) is 5.54. The van der Waals surface area contributed by atoms with Crippen molar-refractivity contribution in [2.24, 2.45) is 0 Å². The number of H-pyrrole nitrogens is 1. The highest BCUT2D eigenvalue weighted by atomic mass is 32.1. The number of rotatable bonds is 4. The van der Waals surface area contributed by atoms with Crippen LogP contribution >= 0.6 is 11.3 Å². The van der Waals surface area contributed by atoms with E-state index in [4.69, 9.17) is 0 Å². The molecule has 2 aromatic heterocycles. The molecule has 0 saturated heterocycles. The largest absolute Gasteiger partial charge is 0.351 e. The number of benzene rings is 1. The van der Waals surface area contributed by atoms with Crippen molar-refractivity contribution in [1.29, 1.82) is 0 Å². The Morgan fingerprint density at radius 1 is 1.35 bits per heavy atom. The highest BCUT2D eigenvalue weighted by Crippen LogP contribution is 2.19. The van der Waals surface area contributed by atoms with Crippen LogP contribution in [0.15, 0.2) is 30.3 Å². The summed E-state index contributed by atoms with van der Waals surface area (Å²) in [6.45, 7) is 2.09. The van der Waals surface area contributed by atoms with E-state index in [0.29, 0.717) is 10.8 Å². The van der Waals surface area contributed by atoms with E-state index >= 15 is 0 Å². The number of para-hydroxylation sites is 1. The van der Waals surface area contributed by atoms with Gasteiger partial charge in [0.2, 0.25) is 5.13 Å². The van der Waals surface area contributed by atoms with Gasteiger partial charge >= 0.3 is 0 Å². The quantitative estimate of drug-likeness (QED) is 0.773. The molecule has 20 heavy (non-hydrogen) atoms. The van der Waals surface area contributed by atoms with E-state index in [-0.39, 0.29) is 5.91 Å². The number of aryl methyl sites for hydroxylation is 1. The van der Waals surface area contributed by atoms with E-state index < -0.39 is 0 Å². The molecule has 0 unspecified atom stereocenters. The second kappa shape index (κ2) is 5.42. The molecular formula is C14H14N4OS. The van der Waals surface area contributed by atoms with Crippen LogP contribution in [0.3, 0.4) is 0 Å². The number of carbonyl (C=O) groups is 1. The maximum atomic E-state index is 12.1. The number of nitrogens with one attached hydrogen (secondary N) is 2. The van der Waals surface area contributed by atoms with E-state index in [9.17, 15) is 4.79 Å². The molecule has 3 aromatic rings. The lowest BCUT2D eigenvalue weighted by atomic mass is 10.2. The van der Waals surface area contributed by atoms with Gasteiger partial charge in [0.05, 0.1) is 0 Å². The van der Waals surface area contributed by atoms with Gasteiger partial charge in [0.25, 0.3) is 5.91 Å². The van der Waals surface area contributed by atoms with E-state index in [1.807, 2.05) is 30.3 Å². The minimum Gasteiger partial charge on any atom is -0.351 e. The molecule has 0 aliphatic rings. The predicted octanol–water partition coefficient (Wildman–Crippen LogP) is 3.22. The normalized spacial score (nSPS) is 10.8. The van der Waals surface area contributed by atoms with Crippen molar-refractivity contribution in [2.75, 3.05) is 5.32 Å². The molecule has 1 aromatic carbocycles. The molecule has 3 rings (SSSR count). The fourth-order valence-electron chi connectivity index (χ4n) is 1.98. The van der Waals surface area contributed by atoms with Gasteiger partial charge in [0.15, 0.2) is 0 Å². The first-order valence-electron chi connectivity index (χ1n) is 6.47. The van der Waals surface area contributed by atoms with Crippen molar-refractivity contribution >= 4 is 33.3 Å². The number of amides is 1. The Labute approximate surface area is 120 Å². The van der Waals surface area contributed by atoms with Crippen molar-refractivity contribution in [3.8, 4) is 0 Å². The number of aromatic nitrogens is 3. The SMILES string of the molecule is CCCc1nnc(NC(=O)c2cc3ccccc3[nH]2)s1. The zero-order valence-corrected chi connectivity index (χ0v) is 11.8. The summed E-state index contributed by atoms with van der Waals surface area (Å²) >= 11 is 1.42. The summed E-state index contributed by atoms with van der Waals surface area (Å²) in [5, 5.41) is 13.3. The summed E-state index contributed by atoms with van der Waals surface area (Å²) in [4.78, 5) is 15.2. The van der Waals surface area contributed by atoms with E-state index in [0.717, 1.165) is 28.8 Å². The number of hydrogen-bond donors (Lipinski definition) is 2. The molecule has 0 saturated carbocycles. The maximum absolute atomic E-state index is 12.1. The molecular weight excluding hydrogens is 272 g/mol. The van der Waals surface area contributed by atoms with Crippen LogP contribution in [0.25, 0.3) is 10.9 Å². The molecule has 1 amide bonds. The van der Waals surface area contributed by atoms with Crippen LogP contribution in [0.5, 0.6) is 0 Å². The van der Waals surface area contributed by atoms with Crippen LogP contribution in [0, 0.1) is 0 Å². The topological polar surface area (TPSA) is 70.7 Å². The third-order valence-electron chi connectivity index (χ3n) is 2.93. The Morgan fingerprint density at radius 2 is 2.20 bits per heavy atom. The molecule has 5 nitrogen and oxygen atoms in total.